The molecule has 1 aromatic carbocycles. The van der Waals surface area contributed by atoms with Crippen molar-refractivity contribution in [3.8, 4) is 5.75 Å². The molecule has 0 saturated carbocycles. The normalized spacial score (nSPS) is 14.1. The highest BCUT2D eigenvalue weighted by Crippen LogP contribution is 2.32. The fourth-order valence-corrected chi connectivity index (χ4v) is 1.64. The van der Waals surface area contributed by atoms with Crippen molar-refractivity contribution in [2.45, 2.75) is 6.92 Å². The molecule has 1 aliphatic heterocycles. The first-order valence-electron chi connectivity index (χ1n) is 4.92. The first-order valence-corrected chi connectivity index (χ1v) is 4.92. The first kappa shape index (κ1) is 9.83. The number of fused-ring (bicyclic) bond motifs is 1. The van der Waals surface area contributed by atoms with E-state index in [1.54, 1.807) is 0 Å². The van der Waals surface area contributed by atoms with Crippen LogP contribution in [0.3, 0.4) is 0 Å². The molecular weight excluding hydrogens is 192 g/mol. The predicted molar refractivity (Wildman–Crippen MR) is 59.5 cm³/mol. The van der Waals surface area contributed by atoms with E-state index in [0.717, 1.165) is 23.7 Å². The number of nitrogens with zero attached hydrogens (tertiary/aromatic N) is 1. The van der Waals surface area contributed by atoms with Gasteiger partial charge in [0.25, 0.3) is 0 Å². The second kappa shape index (κ2) is 3.81. The van der Waals surface area contributed by atoms with Gasteiger partial charge in [0, 0.05) is 25.7 Å². The zero-order valence-corrected chi connectivity index (χ0v) is 8.91. The standard InChI is InChI=1S/C11H14N2O2/c1-8(14)12-9-3-4-10-11(7-9)15-6-5-13(10)2/h3-4,7H,5-6H2,1-2H3,(H,12,14). The fraction of sp³-hybridized carbons (Fsp3) is 0.364. The molecule has 4 heteroatoms. The lowest BCUT2D eigenvalue weighted by Gasteiger charge is -2.27. The van der Waals surface area contributed by atoms with Crippen LogP contribution in [0.15, 0.2) is 18.2 Å². The van der Waals surface area contributed by atoms with Gasteiger partial charge in [0.1, 0.15) is 12.4 Å². The molecule has 0 fully saturated rings. The quantitative estimate of drug-likeness (QED) is 0.756. The molecule has 0 aliphatic carbocycles. The Hall–Kier alpha value is -1.71. The molecule has 1 amide bonds. The molecule has 0 aromatic heterocycles. The minimum Gasteiger partial charge on any atom is -0.489 e. The number of carbonyl (C=O) groups is 1. The molecule has 1 aliphatic rings. The fourth-order valence-electron chi connectivity index (χ4n) is 1.64. The van der Waals surface area contributed by atoms with Gasteiger partial charge in [0.2, 0.25) is 5.91 Å². The third-order valence-corrected chi connectivity index (χ3v) is 2.38. The average Bonchev–Trinajstić information content (AvgIpc) is 2.17. The molecule has 80 valence electrons. The summed E-state index contributed by atoms with van der Waals surface area (Å²) >= 11 is 0. The third kappa shape index (κ3) is 2.03. The van der Waals surface area contributed by atoms with Crippen LogP contribution in [0, 0.1) is 0 Å². The first-order chi connectivity index (χ1) is 7.16. The highest BCUT2D eigenvalue weighted by molar-refractivity contribution is 5.89. The van der Waals surface area contributed by atoms with Crippen LogP contribution in [0.25, 0.3) is 0 Å². The van der Waals surface area contributed by atoms with Gasteiger partial charge in [-0.2, -0.15) is 0 Å². The van der Waals surface area contributed by atoms with Crippen LogP contribution in [-0.2, 0) is 4.79 Å². The molecule has 0 bridgehead atoms. The molecule has 0 spiro atoms. The Bertz CT molecular complexity index is 390. The van der Waals surface area contributed by atoms with E-state index in [-0.39, 0.29) is 5.91 Å². The number of carbonyl (C=O) groups excluding carboxylic acids is 1. The number of hydrogen-bond acceptors (Lipinski definition) is 3. The van der Waals surface area contributed by atoms with Crippen LogP contribution in [0.4, 0.5) is 11.4 Å². The van der Waals surface area contributed by atoms with Gasteiger partial charge in [-0.1, -0.05) is 0 Å². The highest BCUT2D eigenvalue weighted by Gasteiger charge is 2.14. The van der Waals surface area contributed by atoms with Crippen LogP contribution < -0.4 is 15.0 Å². The summed E-state index contributed by atoms with van der Waals surface area (Å²) in [5.74, 6) is 0.758. The maximum absolute atomic E-state index is 10.9. The molecule has 1 heterocycles. The molecule has 0 saturated heterocycles. The molecule has 2 rings (SSSR count). The molecule has 0 radical (unpaired) electrons. The number of rotatable bonds is 1. The Balaban J connectivity index is 2.29. The van der Waals surface area contributed by atoms with Gasteiger partial charge in [0.15, 0.2) is 0 Å². The Labute approximate surface area is 88.8 Å². The van der Waals surface area contributed by atoms with Crippen molar-refractivity contribution in [2.24, 2.45) is 0 Å². The van der Waals surface area contributed by atoms with E-state index in [1.807, 2.05) is 25.2 Å². The Morgan fingerprint density at radius 2 is 2.33 bits per heavy atom. The molecule has 0 atom stereocenters. The second-order valence-electron chi connectivity index (χ2n) is 3.63. The summed E-state index contributed by atoms with van der Waals surface area (Å²) in [6.07, 6.45) is 0. The van der Waals surface area contributed by atoms with Gasteiger partial charge < -0.3 is 15.0 Å². The topological polar surface area (TPSA) is 41.6 Å². The van der Waals surface area contributed by atoms with Gasteiger partial charge in [-0.3, -0.25) is 4.79 Å². The monoisotopic (exact) mass is 206 g/mol. The number of hydrogen-bond donors (Lipinski definition) is 1. The molecular formula is C11H14N2O2. The highest BCUT2D eigenvalue weighted by atomic mass is 16.5. The minimum absolute atomic E-state index is 0.0703. The van der Waals surface area contributed by atoms with Crippen LogP contribution in [0.5, 0.6) is 5.75 Å². The largest absolute Gasteiger partial charge is 0.489 e. The molecule has 4 nitrogen and oxygen atoms in total. The van der Waals surface area contributed by atoms with E-state index in [9.17, 15) is 4.79 Å². The maximum atomic E-state index is 10.9. The summed E-state index contributed by atoms with van der Waals surface area (Å²) in [6.45, 7) is 3.08. The lowest BCUT2D eigenvalue weighted by Crippen LogP contribution is -2.28. The number of likely N-dealkylation sites (N-methyl/N-ethyl adjacent to an activating group) is 1. The van der Waals surface area contributed by atoms with Crippen molar-refractivity contribution in [3.63, 3.8) is 0 Å². The van der Waals surface area contributed by atoms with E-state index >= 15 is 0 Å². The summed E-state index contributed by atoms with van der Waals surface area (Å²) in [4.78, 5) is 13.0. The summed E-state index contributed by atoms with van der Waals surface area (Å²) in [5.41, 5.74) is 1.84. The van der Waals surface area contributed by atoms with E-state index in [4.69, 9.17) is 4.74 Å². The predicted octanol–water partition coefficient (Wildman–Crippen LogP) is 1.47. The van der Waals surface area contributed by atoms with Crippen LogP contribution in [0.1, 0.15) is 6.92 Å². The number of nitrogens with one attached hydrogen (secondary N) is 1. The number of amides is 1. The smallest absolute Gasteiger partial charge is 0.221 e. The minimum atomic E-state index is -0.0703. The summed E-state index contributed by atoms with van der Waals surface area (Å²) in [5, 5.41) is 2.73. The van der Waals surface area contributed by atoms with Crippen molar-refractivity contribution in [2.75, 3.05) is 30.4 Å². The van der Waals surface area contributed by atoms with Gasteiger partial charge >= 0.3 is 0 Å². The molecule has 1 N–H and O–H groups in total. The van der Waals surface area contributed by atoms with Crippen molar-refractivity contribution in [3.05, 3.63) is 18.2 Å². The van der Waals surface area contributed by atoms with E-state index in [2.05, 4.69) is 10.2 Å². The van der Waals surface area contributed by atoms with Crippen molar-refractivity contribution in [1.29, 1.82) is 0 Å². The van der Waals surface area contributed by atoms with Gasteiger partial charge in [-0.25, -0.2) is 0 Å². The van der Waals surface area contributed by atoms with Crippen molar-refractivity contribution in [1.82, 2.24) is 0 Å². The van der Waals surface area contributed by atoms with Crippen LogP contribution >= 0.6 is 0 Å². The van der Waals surface area contributed by atoms with Gasteiger partial charge in [0.05, 0.1) is 12.2 Å². The maximum Gasteiger partial charge on any atom is 0.221 e. The van der Waals surface area contributed by atoms with E-state index < -0.39 is 0 Å². The van der Waals surface area contributed by atoms with Crippen LogP contribution in [0.2, 0.25) is 0 Å². The van der Waals surface area contributed by atoms with E-state index in [0.29, 0.717) is 6.61 Å². The Morgan fingerprint density at radius 1 is 1.53 bits per heavy atom. The lowest BCUT2D eigenvalue weighted by molar-refractivity contribution is -0.114. The number of ether oxygens (including phenoxy) is 1. The molecule has 0 unspecified atom stereocenters. The van der Waals surface area contributed by atoms with Gasteiger partial charge in [-0.05, 0) is 12.1 Å². The van der Waals surface area contributed by atoms with Crippen molar-refractivity contribution >= 4 is 17.3 Å². The third-order valence-electron chi connectivity index (χ3n) is 2.38. The lowest BCUT2D eigenvalue weighted by atomic mass is 10.2. The van der Waals surface area contributed by atoms with Crippen LogP contribution in [-0.4, -0.2) is 26.1 Å². The zero-order valence-electron chi connectivity index (χ0n) is 8.91. The number of anilines is 2. The SMILES string of the molecule is CC(=O)Nc1ccc2c(c1)OCCN2C. The Morgan fingerprint density at radius 3 is 3.07 bits per heavy atom. The zero-order chi connectivity index (χ0) is 10.8. The summed E-state index contributed by atoms with van der Waals surface area (Å²) in [6, 6.07) is 5.69. The summed E-state index contributed by atoms with van der Waals surface area (Å²) in [7, 11) is 2.03. The van der Waals surface area contributed by atoms with E-state index in [1.165, 1.54) is 6.92 Å². The second-order valence-corrected chi connectivity index (χ2v) is 3.63. The molecule has 15 heavy (non-hydrogen) atoms. The average molecular weight is 206 g/mol. The Kier molecular flexibility index (Phi) is 2.49. The van der Waals surface area contributed by atoms with Crippen molar-refractivity contribution < 1.29 is 9.53 Å². The molecule has 1 aromatic rings. The number of benzene rings is 1. The summed E-state index contributed by atoms with van der Waals surface area (Å²) < 4.78 is 5.52. The van der Waals surface area contributed by atoms with Gasteiger partial charge in [-0.15, -0.1) is 0 Å².